The molecule has 212 valence electrons. The lowest BCUT2D eigenvalue weighted by Gasteiger charge is -2.17. The van der Waals surface area contributed by atoms with Crippen molar-refractivity contribution in [3.05, 3.63) is 106 Å². The van der Waals surface area contributed by atoms with E-state index in [1.807, 2.05) is 43.3 Å². The summed E-state index contributed by atoms with van der Waals surface area (Å²) in [7, 11) is 1.68. The fourth-order valence-corrected chi connectivity index (χ4v) is 5.16. The quantitative estimate of drug-likeness (QED) is 0.139. The molecule has 0 radical (unpaired) electrons. The summed E-state index contributed by atoms with van der Waals surface area (Å²) in [5, 5.41) is 0.511. The molecular weight excluding hydrogens is 536 g/mol. The molecule has 0 atom stereocenters. The summed E-state index contributed by atoms with van der Waals surface area (Å²) in [6.07, 6.45) is 4.23. The fraction of sp³-hybridized carbons (Fsp3) is 0.242. The van der Waals surface area contributed by atoms with Gasteiger partial charge in [0.2, 0.25) is 0 Å². The average molecular weight is 571 g/mol. The minimum absolute atomic E-state index is 0.168. The van der Waals surface area contributed by atoms with Crippen molar-refractivity contribution in [3.63, 3.8) is 0 Å². The Labute approximate surface area is 245 Å². The highest BCUT2D eigenvalue weighted by atomic mass is 32.2. The summed E-state index contributed by atoms with van der Waals surface area (Å²) >= 11 is 1.27. The van der Waals surface area contributed by atoms with Crippen molar-refractivity contribution >= 4 is 40.6 Å². The number of hydrogen-bond donors (Lipinski definition) is 0. The van der Waals surface area contributed by atoms with Crippen LogP contribution < -0.4 is 9.47 Å². The van der Waals surface area contributed by atoms with Crippen LogP contribution in [0.5, 0.6) is 11.5 Å². The maximum absolute atomic E-state index is 13.2. The van der Waals surface area contributed by atoms with Gasteiger partial charge in [-0.25, -0.2) is 9.79 Å². The van der Waals surface area contributed by atoms with Gasteiger partial charge in [-0.3, -0.25) is 9.69 Å². The van der Waals surface area contributed by atoms with Crippen molar-refractivity contribution < 1.29 is 23.8 Å². The number of thioether (sulfide) groups is 1. The van der Waals surface area contributed by atoms with Crippen molar-refractivity contribution in [1.29, 1.82) is 0 Å². The standard InChI is InChI=1S/C33H34N2O5S/c1-6-10-25-17-24(18-28(38-7-2)30(25)40-21-23-15-13-22(4)14-16-23)19-29-31(36)35(5)33(41-29)34-27-12-9-11-26(20-27)32(37)39-8-3/h6,9,11-20H,1,7-8,10,21H2,2-5H3. The zero-order chi connectivity index (χ0) is 29.4. The molecule has 1 aliphatic heterocycles. The zero-order valence-electron chi connectivity index (χ0n) is 23.8. The molecule has 7 nitrogen and oxygen atoms in total. The highest BCUT2D eigenvalue weighted by Gasteiger charge is 2.30. The molecule has 1 saturated heterocycles. The lowest BCUT2D eigenvalue weighted by atomic mass is 10.0. The summed E-state index contributed by atoms with van der Waals surface area (Å²) in [5.41, 5.74) is 4.94. The van der Waals surface area contributed by atoms with Gasteiger partial charge in [0.05, 0.1) is 29.4 Å². The number of carbonyl (C=O) groups is 2. The SMILES string of the molecule is C=CCc1cc(C=C2SC(=Nc3cccc(C(=O)OCC)c3)N(C)C2=O)cc(OCC)c1OCc1ccc(C)cc1. The van der Waals surface area contributed by atoms with Crippen molar-refractivity contribution in [2.45, 2.75) is 33.8 Å². The lowest BCUT2D eigenvalue weighted by molar-refractivity contribution is -0.121. The third kappa shape index (κ3) is 7.46. The van der Waals surface area contributed by atoms with Gasteiger partial charge in [-0.05, 0) is 86.5 Å². The van der Waals surface area contributed by atoms with E-state index in [1.54, 1.807) is 38.2 Å². The van der Waals surface area contributed by atoms with E-state index in [-0.39, 0.29) is 12.5 Å². The highest BCUT2D eigenvalue weighted by molar-refractivity contribution is 8.18. The van der Waals surface area contributed by atoms with Gasteiger partial charge < -0.3 is 14.2 Å². The first kappa shape index (κ1) is 29.7. The van der Waals surface area contributed by atoms with E-state index in [0.717, 1.165) is 16.7 Å². The molecule has 0 N–H and O–H groups in total. The number of hydrogen-bond acceptors (Lipinski definition) is 7. The van der Waals surface area contributed by atoms with Crippen LogP contribution >= 0.6 is 11.8 Å². The number of aliphatic imine (C=N–C) groups is 1. The number of amidine groups is 1. The largest absolute Gasteiger partial charge is 0.490 e. The van der Waals surface area contributed by atoms with E-state index in [2.05, 4.69) is 30.6 Å². The zero-order valence-corrected chi connectivity index (χ0v) is 24.6. The van der Waals surface area contributed by atoms with Gasteiger partial charge in [-0.1, -0.05) is 42.0 Å². The summed E-state index contributed by atoms with van der Waals surface area (Å²) in [6.45, 7) is 10.8. The molecule has 41 heavy (non-hydrogen) atoms. The smallest absolute Gasteiger partial charge is 0.338 e. The van der Waals surface area contributed by atoms with E-state index < -0.39 is 5.97 Å². The molecule has 1 heterocycles. The van der Waals surface area contributed by atoms with Crippen LogP contribution in [0.1, 0.15) is 46.5 Å². The Morgan fingerprint density at radius 3 is 2.54 bits per heavy atom. The third-order valence-electron chi connectivity index (χ3n) is 6.21. The molecule has 1 fully saturated rings. The topological polar surface area (TPSA) is 77.4 Å². The maximum atomic E-state index is 13.2. The van der Waals surface area contributed by atoms with Crippen molar-refractivity contribution in [2.75, 3.05) is 20.3 Å². The number of rotatable bonds is 11. The number of benzene rings is 3. The second-order valence-corrected chi connectivity index (χ2v) is 10.4. The van der Waals surface area contributed by atoms with Gasteiger partial charge in [0.15, 0.2) is 16.7 Å². The molecule has 0 bridgehead atoms. The van der Waals surface area contributed by atoms with E-state index in [9.17, 15) is 9.59 Å². The molecule has 4 rings (SSSR count). The van der Waals surface area contributed by atoms with Crippen LogP contribution in [0, 0.1) is 6.92 Å². The van der Waals surface area contributed by atoms with Gasteiger partial charge in [-0.2, -0.15) is 0 Å². The van der Waals surface area contributed by atoms with Gasteiger partial charge in [-0.15, -0.1) is 6.58 Å². The van der Waals surface area contributed by atoms with E-state index in [0.29, 0.717) is 52.5 Å². The number of esters is 1. The van der Waals surface area contributed by atoms with Crippen LogP contribution in [-0.4, -0.2) is 42.2 Å². The Morgan fingerprint density at radius 1 is 1.05 bits per heavy atom. The monoisotopic (exact) mass is 570 g/mol. The third-order valence-corrected chi connectivity index (χ3v) is 7.27. The van der Waals surface area contributed by atoms with E-state index >= 15 is 0 Å². The van der Waals surface area contributed by atoms with Gasteiger partial charge in [0.1, 0.15) is 6.61 Å². The summed E-state index contributed by atoms with van der Waals surface area (Å²) in [4.78, 5) is 31.9. The Morgan fingerprint density at radius 2 is 1.83 bits per heavy atom. The number of ether oxygens (including phenoxy) is 3. The Balaban J connectivity index is 1.62. The average Bonchev–Trinajstić information content (AvgIpc) is 3.21. The van der Waals surface area contributed by atoms with Crippen LogP contribution in [-0.2, 0) is 22.6 Å². The van der Waals surface area contributed by atoms with E-state index in [4.69, 9.17) is 14.2 Å². The second-order valence-electron chi connectivity index (χ2n) is 9.35. The van der Waals surface area contributed by atoms with Crippen LogP contribution in [0.15, 0.2) is 83.2 Å². The van der Waals surface area contributed by atoms with Crippen LogP contribution in [0.2, 0.25) is 0 Å². The summed E-state index contributed by atoms with van der Waals surface area (Å²) in [6, 6.07) is 18.9. The summed E-state index contributed by atoms with van der Waals surface area (Å²) < 4.78 is 17.3. The van der Waals surface area contributed by atoms with Crippen molar-refractivity contribution in [2.24, 2.45) is 4.99 Å². The minimum atomic E-state index is -0.412. The number of nitrogens with zero attached hydrogens (tertiary/aromatic N) is 2. The highest BCUT2D eigenvalue weighted by Crippen LogP contribution is 2.38. The number of allylic oxidation sites excluding steroid dienone is 1. The molecule has 0 unspecified atom stereocenters. The molecule has 0 aromatic heterocycles. The predicted molar refractivity (Wildman–Crippen MR) is 165 cm³/mol. The first-order valence-corrected chi connectivity index (χ1v) is 14.3. The molecule has 8 heteroatoms. The van der Waals surface area contributed by atoms with Gasteiger partial charge >= 0.3 is 5.97 Å². The van der Waals surface area contributed by atoms with Gasteiger partial charge in [0, 0.05) is 12.6 Å². The molecule has 1 aliphatic rings. The first-order valence-electron chi connectivity index (χ1n) is 13.4. The molecule has 3 aromatic carbocycles. The number of amides is 1. The predicted octanol–water partition coefficient (Wildman–Crippen LogP) is 7.11. The molecule has 1 amide bonds. The molecular formula is C33H34N2O5S. The normalized spacial score (nSPS) is 14.9. The van der Waals surface area contributed by atoms with Crippen molar-refractivity contribution in [3.8, 4) is 11.5 Å². The van der Waals surface area contributed by atoms with E-state index in [1.165, 1.54) is 22.2 Å². The second kappa shape index (κ2) is 13.9. The minimum Gasteiger partial charge on any atom is -0.490 e. The fourth-order valence-electron chi connectivity index (χ4n) is 4.17. The number of likely N-dealkylation sites (N-methyl/N-ethyl adjacent to an activating group) is 1. The maximum Gasteiger partial charge on any atom is 0.338 e. The Kier molecular flexibility index (Phi) is 10.0. The summed E-state index contributed by atoms with van der Waals surface area (Å²) in [5.74, 6) is 0.698. The first-order chi connectivity index (χ1) is 19.8. The Hall–Kier alpha value is -4.30. The lowest BCUT2D eigenvalue weighted by Crippen LogP contribution is -2.23. The molecule has 0 saturated carbocycles. The molecule has 0 spiro atoms. The van der Waals surface area contributed by atoms with Crippen LogP contribution in [0.4, 0.5) is 5.69 Å². The molecule has 0 aliphatic carbocycles. The number of aryl methyl sites for hydroxylation is 1. The van der Waals surface area contributed by atoms with Crippen LogP contribution in [0.3, 0.4) is 0 Å². The van der Waals surface area contributed by atoms with Crippen LogP contribution in [0.25, 0.3) is 6.08 Å². The molecule has 3 aromatic rings. The van der Waals surface area contributed by atoms with Crippen molar-refractivity contribution in [1.82, 2.24) is 4.90 Å². The van der Waals surface area contributed by atoms with Gasteiger partial charge in [0.25, 0.3) is 5.91 Å². The Bertz CT molecular complexity index is 1490. The number of carbonyl (C=O) groups excluding carboxylic acids is 2.